The molecule has 0 spiro atoms. The summed E-state index contributed by atoms with van der Waals surface area (Å²) in [6, 6.07) is 11.4. The number of hydrogen-bond donors (Lipinski definition) is 3. The van der Waals surface area contributed by atoms with Gasteiger partial charge in [-0.15, -0.1) is 35.3 Å². The maximum atomic E-state index is 12.1. The lowest BCUT2D eigenvalue weighted by Crippen LogP contribution is -2.39. The Hall–Kier alpha value is -2.14. The number of thiophene rings is 1. The molecule has 1 heterocycles. The third-order valence-electron chi connectivity index (χ3n) is 4.19. The Morgan fingerprint density at radius 3 is 2.43 bits per heavy atom. The van der Waals surface area contributed by atoms with Crippen molar-refractivity contribution < 1.29 is 9.59 Å². The fourth-order valence-electron chi connectivity index (χ4n) is 2.66. The number of hydrogen-bond acceptors (Lipinski definition) is 4. The smallest absolute Gasteiger partial charge is 0.261 e. The highest BCUT2D eigenvalue weighted by atomic mass is 127. The molecule has 0 aliphatic heterocycles. The lowest BCUT2D eigenvalue weighted by Gasteiger charge is -2.13. The summed E-state index contributed by atoms with van der Waals surface area (Å²) in [5.74, 6) is 0.691. The summed E-state index contributed by atoms with van der Waals surface area (Å²) in [4.78, 5) is 30.4. The monoisotopic (exact) mass is 543 g/mol. The van der Waals surface area contributed by atoms with E-state index in [9.17, 15) is 9.59 Å². The topological polar surface area (TPSA) is 85.8 Å². The van der Waals surface area contributed by atoms with Gasteiger partial charge in [0.2, 0.25) is 0 Å². The number of amides is 2. The number of carbonyl (C=O) groups is 2. The molecule has 0 aliphatic rings. The molecule has 3 N–H and O–H groups in total. The quantitative estimate of drug-likeness (QED) is 0.197. The van der Waals surface area contributed by atoms with E-state index < -0.39 is 0 Å². The number of aliphatic imine (C=N–C) groups is 1. The van der Waals surface area contributed by atoms with Crippen LogP contribution in [0.4, 0.5) is 0 Å². The van der Waals surface area contributed by atoms with Crippen LogP contribution in [-0.2, 0) is 6.42 Å². The van der Waals surface area contributed by atoms with Crippen molar-refractivity contribution in [3.63, 3.8) is 0 Å². The van der Waals surface area contributed by atoms with E-state index in [1.165, 1.54) is 11.3 Å². The zero-order valence-corrected chi connectivity index (χ0v) is 20.8. The van der Waals surface area contributed by atoms with Crippen molar-refractivity contribution in [3.8, 4) is 0 Å². The van der Waals surface area contributed by atoms with Crippen molar-refractivity contribution in [2.45, 2.75) is 12.8 Å². The fourth-order valence-corrected chi connectivity index (χ4v) is 3.30. The van der Waals surface area contributed by atoms with Crippen LogP contribution in [0.1, 0.15) is 32.0 Å². The molecular weight excluding hydrogens is 513 g/mol. The average Bonchev–Trinajstić information content (AvgIpc) is 3.26. The maximum Gasteiger partial charge on any atom is 0.261 e. The van der Waals surface area contributed by atoms with Crippen LogP contribution in [0.3, 0.4) is 0 Å². The standard InChI is InChI=1S/C21H29N5O2S.HI/c1-22-21(24-12-6-11-23-19(27)18-9-5-14-29-18)25-13-10-16-7-4-8-17(15-16)20(28)26(2)3;/h4-5,7-9,14-15H,6,10-13H2,1-3H3,(H,23,27)(H2,22,24,25);1H. The highest BCUT2D eigenvalue weighted by Crippen LogP contribution is 2.08. The molecule has 7 nitrogen and oxygen atoms in total. The second-order valence-electron chi connectivity index (χ2n) is 6.66. The predicted octanol–water partition coefficient (Wildman–Crippen LogP) is 2.60. The number of carbonyl (C=O) groups excluding carboxylic acids is 2. The fraction of sp³-hybridized carbons (Fsp3) is 0.381. The highest BCUT2D eigenvalue weighted by molar-refractivity contribution is 14.0. The summed E-state index contributed by atoms with van der Waals surface area (Å²) < 4.78 is 0. The van der Waals surface area contributed by atoms with Crippen LogP contribution in [-0.4, -0.2) is 63.5 Å². The Bertz CT molecular complexity index is 825. The predicted molar refractivity (Wildman–Crippen MR) is 134 cm³/mol. The SMILES string of the molecule is CN=C(NCCCNC(=O)c1cccs1)NCCc1cccc(C(=O)N(C)C)c1.I. The van der Waals surface area contributed by atoms with E-state index in [2.05, 4.69) is 20.9 Å². The summed E-state index contributed by atoms with van der Waals surface area (Å²) in [7, 11) is 5.23. The Labute approximate surface area is 199 Å². The van der Waals surface area contributed by atoms with Gasteiger partial charge in [-0.25, -0.2) is 0 Å². The summed E-state index contributed by atoms with van der Waals surface area (Å²) in [5, 5.41) is 11.3. The number of rotatable bonds is 9. The van der Waals surface area contributed by atoms with Crippen molar-refractivity contribution in [1.82, 2.24) is 20.9 Å². The first-order valence-corrected chi connectivity index (χ1v) is 10.5. The van der Waals surface area contributed by atoms with E-state index in [4.69, 9.17) is 0 Å². The van der Waals surface area contributed by atoms with Gasteiger partial charge in [0, 0.05) is 46.3 Å². The van der Waals surface area contributed by atoms with Crippen molar-refractivity contribution >= 4 is 53.1 Å². The number of benzene rings is 1. The second-order valence-corrected chi connectivity index (χ2v) is 7.61. The van der Waals surface area contributed by atoms with Crippen LogP contribution in [0.15, 0.2) is 46.8 Å². The number of nitrogens with zero attached hydrogens (tertiary/aromatic N) is 2. The van der Waals surface area contributed by atoms with Crippen molar-refractivity contribution in [2.24, 2.45) is 4.99 Å². The third kappa shape index (κ3) is 8.70. The zero-order valence-electron chi connectivity index (χ0n) is 17.6. The largest absolute Gasteiger partial charge is 0.356 e. The Balaban J connectivity index is 0.00000450. The Kier molecular flexibility index (Phi) is 12.1. The van der Waals surface area contributed by atoms with Gasteiger partial charge in [0.15, 0.2) is 5.96 Å². The molecule has 2 aromatic rings. The molecule has 0 saturated heterocycles. The number of halogens is 1. The zero-order chi connectivity index (χ0) is 21.1. The molecule has 0 radical (unpaired) electrons. The molecule has 2 amide bonds. The minimum atomic E-state index is -0.0301. The average molecular weight is 543 g/mol. The first-order chi connectivity index (χ1) is 14.0. The van der Waals surface area contributed by atoms with Crippen LogP contribution in [0.25, 0.3) is 0 Å². The van der Waals surface area contributed by atoms with Crippen LogP contribution in [0.2, 0.25) is 0 Å². The van der Waals surface area contributed by atoms with Crippen LogP contribution in [0.5, 0.6) is 0 Å². The number of guanidine groups is 1. The summed E-state index contributed by atoms with van der Waals surface area (Å²) >= 11 is 1.44. The molecule has 0 atom stereocenters. The van der Waals surface area contributed by atoms with Gasteiger partial charge in [0.25, 0.3) is 11.8 Å². The van der Waals surface area contributed by atoms with Gasteiger partial charge in [-0.05, 0) is 42.0 Å². The van der Waals surface area contributed by atoms with E-state index in [1.807, 2.05) is 41.8 Å². The second kappa shape index (κ2) is 14.0. The normalized spacial score (nSPS) is 10.7. The molecule has 0 saturated carbocycles. The lowest BCUT2D eigenvalue weighted by atomic mass is 10.1. The molecule has 9 heteroatoms. The molecule has 0 aliphatic carbocycles. The van der Waals surface area contributed by atoms with Gasteiger partial charge in [-0.3, -0.25) is 14.6 Å². The minimum absolute atomic E-state index is 0. The third-order valence-corrected chi connectivity index (χ3v) is 5.05. The lowest BCUT2D eigenvalue weighted by molar-refractivity contribution is 0.0827. The first-order valence-electron chi connectivity index (χ1n) is 9.58. The summed E-state index contributed by atoms with van der Waals surface area (Å²) in [6.45, 7) is 2.01. The van der Waals surface area contributed by atoms with Gasteiger partial charge < -0.3 is 20.9 Å². The van der Waals surface area contributed by atoms with Crippen LogP contribution >= 0.6 is 35.3 Å². The van der Waals surface area contributed by atoms with E-state index >= 15 is 0 Å². The van der Waals surface area contributed by atoms with Crippen molar-refractivity contribution in [1.29, 1.82) is 0 Å². The van der Waals surface area contributed by atoms with Gasteiger partial charge in [0.05, 0.1) is 4.88 Å². The van der Waals surface area contributed by atoms with E-state index in [1.54, 1.807) is 26.0 Å². The molecule has 164 valence electrons. The van der Waals surface area contributed by atoms with E-state index in [0.29, 0.717) is 25.2 Å². The number of nitrogens with one attached hydrogen (secondary N) is 3. The highest BCUT2D eigenvalue weighted by Gasteiger charge is 2.08. The molecule has 0 unspecified atom stereocenters. The Morgan fingerprint density at radius 2 is 1.77 bits per heavy atom. The van der Waals surface area contributed by atoms with E-state index in [0.717, 1.165) is 29.2 Å². The summed E-state index contributed by atoms with van der Waals surface area (Å²) in [6.07, 6.45) is 1.58. The first kappa shape index (κ1) is 25.9. The molecule has 1 aromatic heterocycles. The van der Waals surface area contributed by atoms with Crippen LogP contribution in [0, 0.1) is 0 Å². The molecule has 30 heavy (non-hydrogen) atoms. The van der Waals surface area contributed by atoms with Gasteiger partial charge in [-0.1, -0.05) is 18.2 Å². The van der Waals surface area contributed by atoms with Crippen molar-refractivity contribution in [2.75, 3.05) is 40.8 Å². The molecule has 0 fully saturated rings. The molecule has 2 rings (SSSR count). The Morgan fingerprint density at radius 1 is 1.03 bits per heavy atom. The van der Waals surface area contributed by atoms with Gasteiger partial charge in [0.1, 0.15) is 0 Å². The summed E-state index contributed by atoms with van der Waals surface area (Å²) in [5.41, 5.74) is 1.79. The molecule has 1 aromatic carbocycles. The minimum Gasteiger partial charge on any atom is -0.356 e. The van der Waals surface area contributed by atoms with Gasteiger partial charge in [-0.2, -0.15) is 0 Å². The maximum absolute atomic E-state index is 12.1. The van der Waals surface area contributed by atoms with Crippen molar-refractivity contribution in [3.05, 3.63) is 57.8 Å². The van der Waals surface area contributed by atoms with Gasteiger partial charge >= 0.3 is 0 Å². The van der Waals surface area contributed by atoms with E-state index in [-0.39, 0.29) is 35.8 Å². The molecule has 0 bridgehead atoms. The molecular formula is C21H30IN5O2S. The van der Waals surface area contributed by atoms with Crippen LogP contribution < -0.4 is 16.0 Å².